The molecule has 1 aromatic rings. The normalized spacial score (nSPS) is 22.6. The number of fused-ring (bicyclic) bond motifs is 1. The lowest BCUT2D eigenvalue weighted by Crippen LogP contribution is -2.17. The molecule has 0 aromatic heterocycles. The van der Waals surface area contributed by atoms with E-state index < -0.39 is 12.3 Å². The maximum absolute atomic E-state index is 11.8. The molecule has 3 rings (SSSR count). The molecule has 0 bridgehead atoms. The number of hydrogen-bond acceptors (Lipinski definition) is 5. The highest BCUT2D eigenvalue weighted by Crippen LogP contribution is 2.22. The Kier molecular flexibility index (Phi) is 3.08. The number of esters is 1. The van der Waals surface area contributed by atoms with Crippen LogP contribution in [-0.4, -0.2) is 30.6 Å². The lowest BCUT2D eigenvalue weighted by molar-refractivity contribution is -0.158. The standard InChI is InChI=1S/C14H12N2O4/c1-8-6-11(20-14(8)18)19-7-15-12-9-4-2-3-5-10(9)16-13(12)17/h2-6,11H,7H2,1H3,(H,15,16,17). The lowest BCUT2D eigenvalue weighted by Gasteiger charge is -2.07. The van der Waals surface area contributed by atoms with E-state index in [0.717, 1.165) is 11.3 Å². The second-order valence-corrected chi connectivity index (χ2v) is 4.43. The van der Waals surface area contributed by atoms with E-state index in [0.29, 0.717) is 11.3 Å². The summed E-state index contributed by atoms with van der Waals surface area (Å²) in [6, 6.07) is 7.29. The fraction of sp³-hybridized carbons (Fsp3) is 0.214. The molecule has 1 N–H and O–H groups in total. The minimum atomic E-state index is -0.730. The molecular formula is C14H12N2O4. The van der Waals surface area contributed by atoms with Crippen molar-refractivity contribution in [2.45, 2.75) is 13.2 Å². The van der Waals surface area contributed by atoms with Crippen LogP contribution in [0.25, 0.3) is 0 Å². The molecule has 0 saturated carbocycles. The maximum Gasteiger partial charge on any atom is 0.336 e. The van der Waals surface area contributed by atoms with Crippen LogP contribution in [0.15, 0.2) is 40.9 Å². The van der Waals surface area contributed by atoms with Gasteiger partial charge >= 0.3 is 5.97 Å². The van der Waals surface area contributed by atoms with Gasteiger partial charge in [-0.3, -0.25) is 9.79 Å². The number of carbonyl (C=O) groups is 2. The Morgan fingerprint density at radius 2 is 2.15 bits per heavy atom. The van der Waals surface area contributed by atoms with Crippen molar-refractivity contribution in [3.8, 4) is 0 Å². The molecule has 6 nitrogen and oxygen atoms in total. The highest BCUT2D eigenvalue weighted by Gasteiger charge is 2.26. The van der Waals surface area contributed by atoms with E-state index in [2.05, 4.69) is 10.3 Å². The molecule has 1 aromatic carbocycles. The number of rotatable bonds is 3. The Morgan fingerprint density at radius 3 is 2.90 bits per heavy atom. The van der Waals surface area contributed by atoms with Gasteiger partial charge in [0.25, 0.3) is 5.91 Å². The zero-order chi connectivity index (χ0) is 14.1. The van der Waals surface area contributed by atoms with Gasteiger partial charge in [-0.25, -0.2) is 4.79 Å². The summed E-state index contributed by atoms with van der Waals surface area (Å²) in [7, 11) is 0. The predicted molar refractivity (Wildman–Crippen MR) is 71.2 cm³/mol. The molecule has 0 aliphatic carbocycles. The van der Waals surface area contributed by atoms with E-state index in [-0.39, 0.29) is 12.6 Å². The maximum atomic E-state index is 11.8. The summed E-state index contributed by atoms with van der Waals surface area (Å²) in [6.07, 6.45) is 0.845. The Morgan fingerprint density at radius 1 is 1.35 bits per heavy atom. The fourth-order valence-corrected chi connectivity index (χ4v) is 2.02. The van der Waals surface area contributed by atoms with Gasteiger partial charge in [0.1, 0.15) is 12.4 Å². The summed E-state index contributed by atoms with van der Waals surface area (Å²) in [5.41, 5.74) is 2.31. The molecule has 0 spiro atoms. The summed E-state index contributed by atoms with van der Waals surface area (Å²) in [5, 5.41) is 2.72. The van der Waals surface area contributed by atoms with Gasteiger partial charge in [0.05, 0.1) is 5.69 Å². The van der Waals surface area contributed by atoms with Crippen molar-refractivity contribution in [3.63, 3.8) is 0 Å². The van der Waals surface area contributed by atoms with Gasteiger partial charge in [0.2, 0.25) is 6.29 Å². The summed E-state index contributed by atoms with van der Waals surface area (Å²) < 4.78 is 10.2. The van der Waals surface area contributed by atoms with E-state index in [1.165, 1.54) is 0 Å². The third-order valence-corrected chi connectivity index (χ3v) is 3.04. The number of para-hydroxylation sites is 1. The van der Waals surface area contributed by atoms with E-state index >= 15 is 0 Å². The smallest absolute Gasteiger partial charge is 0.336 e. The van der Waals surface area contributed by atoms with Gasteiger partial charge in [0, 0.05) is 11.1 Å². The van der Waals surface area contributed by atoms with Crippen molar-refractivity contribution in [3.05, 3.63) is 41.5 Å². The predicted octanol–water partition coefficient (Wildman–Crippen LogP) is 1.23. The van der Waals surface area contributed by atoms with Gasteiger partial charge in [0.15, 0.2) is 0 Å². The van der Waals surface area contributed by atoms with Crippen LogP contribution in [0.1, 0.15) is 12.5 Å². The average molecular weight is 272 g/mol. The first-order valence-electron chi connectivity index (χ1n) is 6.11. The van der Waals surface area contributed by atoms with E-state index in [1.54, 1.807) is 13.0 Å². The molecule has 2 aliphatic rings. The van der Waals surface area contributed by atoms with Crippen LogP contribution in [0, 0.1) is 0 Å². The quantitative estimate of drug-likeness (QED) is 0.840. The molecule has 102 valence electrons. The van der Waals surface area contributed by atoms with Crippen molar-refractivity contribution in [2.75, 3.05) is 12.0 Å². The van der Waals surface area contributed by atoms with Crippen LogP contribution in [0.2, 0.25) is 0 Å². The number of benzene rings is 1. The number of carbonyl (C=O) groups excluding carboxylic acids is 2. The number of nitrogens with zero attached hydrogens (tertiary/aromatic N) is 1. The third-order valence-electron chi connectivity index (χ3n) is 3.04. The van der Waals surface area contributed by atoms with Gasteiger partial charge < -0.3 is 14.8 Å². The monoisotopic (exact) mass is 272 g/mol. The van der Waals surface area contributed by atoms with Gasteiger partial charge in [-0.2, -0.15) is 0 Å². The fourth-order valence-electron chi connectivity index (χ4n) is 2.02. The number of cyclic esters (lactones) is 1. The number of amides is 1. The Balaban J connectivity index is 1.68. The molecule has 1 unspecified atom stereocenters. The number of nitrogens with one attached hydrogen (secondary N) is 1. The van der Waals surface area contributed by atoms with Crippen LogP contribution in [0.3, 0.4) is 0 Å². The minimum Gasteiger partial charge on any atom is -0.428 e. The summed E-state index contributed by atoms with van der Waals surface area (Å²) in [6.45, 7) is 1.59. The van der Waals surface area contributed by atoms with Crippen molar-refractivity contribution in [1.29, 1.82) is 0 Å². The van der Waals surface area contributed by atoms with Gasteiger partial charge in [-0.05, 0) is 19.1 Å². The van der Waals surface area contributed by atoms with Crippen LogP contribution in [0.4, 0.5) is 5.69 Å². The number of aliphatic imine (C=N–C) groups is 1. The SMILES string of the molecule is CC1=CC(OCN=C2C(=O)Nc3ccccc32)OC1=O. The number of ether oxygens (including phenoxy) is 2. The molecule has 1 amide bonds. The highest BCUT2D eigenvalue weighted by atomic mass is 16.7. The molecule has 0 saturated heterocycles. The third kappa shape index (κ3) is 2.21. The molecule has 0 radical (unpaired) electrons. The highest BCUT2D eigenvalue weighted by molar-refractivity contribution is 6.53. The molecule has 6 heteroatoms. The van der Waals surface area contributed by atoms with Crippen LogP contribution >= 0.6 is 0 Å². The molecular weight excluding hydrogens is 260 g/mol. The van der Waals surface area contributed by atoms with Crippen molar-refractivity contribution in [2.24, 2.45) is 4.99 Å². The summed E-state index contributed by atoms with van der Waals surface area (Å²) >= 11 is 0. The first kappa shape index (κ1) is 12.6. The van der Waals surface area contributed by atoms with Crippen molar-refractivity contribution >= 4 is 23.3 Å². The molecule has 1 atom stereocenters. The number of hydrogen-bond donors (Lipinski definition) is 1. The van der Waals surface area contributed by atoms with Crippen LogP contribution in [0.5, 0.6) is 0 Å². The largest absolute Gasteiger partial charge is 0.428 e. The van der Waals surface area contributed by atoms with E-state index in [4.69, 9.17) is 9.47 Å². The minimum absolute atomic E-state index is 0.0567. The average Bonchev–Trinajstić information content (AvgIpc) is 2.91. The molecule has 2 aliphatic heterocycles. The second-order valence-electron chi connectivity index (χ2n) is 4.43. The first-order chi connectivity index (χ1) is 9.65. The summed E-state index contributed by atoms with van der Waals surface area (Å²) in [5.74, 6) is -0.656. The Bertz CT molecular complexity index is 648. The zero-order valence-corrected chi connectivity index (χ0v) is 10.8. The topological polar surface area (TPSA) is 77.0 Å². The molecule has 20 heavy (non-hydrogen) atoms. The number of anilines is 1. The van der Waals surface area contributed by atoms with Crippen molar-refractivity contribution < 1.29 is 19.1 Å². The zero-order valence-electron chi connectivity index (χ0n) is 10.8. The van der Waals surface area contributed by atoms with E-state index in [9.17, 15) is 9.59 Å². The lowest BCUT2D eigenvalue weighted by atomic mass is 10.1. The molecule has 2 heterocycles. The van der Waals surface area contributed by atoms with Gasteiger partial charge in [-0.15, -0.1) is 0 Å². The Hall–Kier alpha value is -2.47. The Labute approximate surface area is 115 Å². The second kappa shape index (κ2) is 4.90. The van der Waals surface area contributed by atoms with Crippen molar-refractivity contribution in [1.82, 2.24) is 0 Å². The van der Waals surface area contributed by atoms with E-state index in [1.807, 2.05) is 24.3 Å². The van der Waals surface area contributed by atoms with Gasteiger partial charge in [-0.1, -0.05) is 18.2 Å². The first-order valence-corrected chi connectivity index (χ1v) is 6.11. The summed E-state index contributed by atoms with van der Waals surface area (Å²) in [4.78, 5) is 27.0. The van der Waals surface area contributed by atoms with Crippen LogP contribution in [-0.2, 0) is 19.1 Å². The van der Waals surface area contributed by atoms with Crippen LogP contribution < -0.4 is 5.32 Å². The molecule has 0 fully saturated rings.